The van der Waals surface area contributed by atoms with Gasteiger partial charge in [-0.15, -0.1) is 0 Å². The Balaban J connectivity index is 1.87. The zero-order valence-corrected chi connectivity index (χ0v) is 12.4. The highest BCUT2D eigenvalue weighted by Crippen LogP contribution is 2.16. The topological polar surface area (TPSA) is 58.6 Å². The van der Waals surface area contributed by atoms with Crippen LogP contribution in [0.25, 0.3) is 0 Å². The highest BCUT2D eigenvalue weighted by molar-refractivity contribution is 5.80. The van der Waals surface area contributed by atoms with Crippen molar-refractivity contribution in [3.05, 3.63) is 35.9 Å². The molecule has 0 saturated carbocycles. The van der Waals surface area contributed by atoms with Gasteiger partial charge >= 0.3 is 5.97 Å². The molecule has 1 aliphatic heterocycles. The number of ether oxygens (including phenoxy) is 1. The van der Waals surface area contributed by atoms with E-state index in [9.17, 15) is 9.59 Å². The van der Waals surface area contributed by atoms with Crippen molar-refractivity contribution in [1.29, 1.82) is 0 Å². The lowest BCUT2D eigenvalue weighted by Gasteiger charge is -2.18. The van der Waals surface area contributed by atoms with E-state index in [1.54, 1.807) is 0 Å². The zero-order chi connectivity index (χ0) is 15.1. The highest BCUT2D eigenvalue weighted by atomic mass is 16.5. The maximum Gasteiger partial charge on any atom is 0.314 e. The average Bonchev–Trinajstić information content (AvgIpc) is 3.06. The molecule has 5 nitrogen and oxygen atoms in total. The second-order valence-corrected chi connectivity index (χ2v) is 5.21. The van der Waals surface area contributed by atoms with E-state index in [4.69, 9.17) is 4.74 Å². The Morgan fingerprint density at radius 2 is 1.90 bits per heavy atom. The second kappa shape index (κ2) is 7.78. The molecule has 1 unspecified atom stereocenters. The predicted molar refractivity (Wildman–Crippen MR) is 79.9 cm³/mol. The van der Waals surface area contributed by atoms with Gasteiger partial charge in [0.2, 0.25) is 5.91 Å². The maximum atomic E-state index is 11.9. The molecule has 1 atom stereocenters. The smallest absolute Gasteiger partial charge is 0.314 e. The standard InChI is InChI=1S/C16H22N2O3/c1-21-16(20)14(13-7-3-2-4-8-13)11-17-12-15(19)18-9-5-6-10-18/h2-4,7-8,14,17H,5-6,9-12H2,1H3. The molecule has 1 amide bonds. The number of carbonyl (C=O) groups is 2. The molecule has 2 rings (SSSR count). The first-order valence-electron chi connectivity index (χ1n) is 7.33. The van der Waals surface area contributed by atoms with Crippen molar-refractivity contribution >= 4 is 11.9 Å². The van der Waals surface area contributed by atoms with Crippen LogP contribution in [-0.2, 0) is 14.3 Å². The van der Waals surface area contributed by atoms with Crippen molar-refractivity contribution < 1.29 is 14.3 Å². The Kier molecular flexibility index (Phi) is 5.75. The van der Waals surface area contributed by atoms with Gasteiger partial charge < -0.3 is 15.0 Å². The summed E-state index contributed by atoms with van der Waals surface area (Å²) in [6.07, 6.45) is 2.17. The van der Waals surface area contributed by atoms with E-state index in [2.05, 4.69) is 5.32 Å². The lowest BCUT2D eigenvalue weighted by atomic mass is 9.99. The van der Waals surface area contributed by atoms with Crippen LogP contribution < -0.4 is 5.32 Å². The van der Waals surface area contributed by atoms with Gasteiger partial charge in [-0.1, -0.05) is 30.3 Å². The van der Waals surface area contributed by atoms with Gasteiger partial charge in [0.25, 0.3) is 0 Å². The largest absolute Gasteiger partial charge is 0.469 e. The van der Waals surface area contributed by atoms with E-state index in [1.165, 1.54) is 7.11 Å². The summed E-state index contributed by atoms with van der Waals surface area (Å²) in [5.41, 5.74) is 0.894. The van der Waals surface area contributed by atoms with E-state index in [0.717, 1.165) is 31.5 Å². The highest BCUT2D eigenvalue weighted by Gasteiger charge is 2.22. The molecular weight excluding hydrogens is 268 g/mol. The molecule has 1 fully saturated rings. The van der Waals surface area contributed by atoms with E-state index in [-0.39, 0.29) is 24.3 Å². The number of carbonyl (C=O) groups excluding carboxylic acids is 2. The van der Waals surface area contributed by atoms with Crippen LogP contribution in [0.1, 0.15) is 24.3 Å². The molecule has 1 aromatic carbocycles. The minimum atomic E-state index is -0.387. The van der Waals surface area contributed by atoms with Crippen molar-refractivity contribution in [3.8, 4) is 0 Å². The Morgan fingerprint density at radius 3 is 2.52 bits per heavy atom. The molecular formula is C16H22N2O3. The van der Waals surface area contributed by atoms with Gasteiger partial charge in [-0.2, -0.15) is 0 Å². The molecule has 1 aliphatic rings. The van der Waals surface area contributed by atoms with Gasteiger partial charge in [0.1, 0.15) is 0 Å². The minimum absolute atomic E-state index is 0.101. The van der Waals surface area contributed by atoms with E-state index in [1.807, 2.05) is 35.2 Å². The van der Waals surface area contributed by atoms with Crippen molar-refractivity contribution in [3.63, 3.8) is 0 Å². The Bertz CT molecular complexity index is 470. The van der Waals surface area contributed by atoms with Gasteiger partial charge in [0, 0.05) is 19.6 Å². The summed E-state index contributed by atoms with van der Waals surface area (Å²) in [5, 5.41) is 3.08. The van der Waals surface area contributed by atoms with Crippen molar-refractivity contribution in [2.75, 3.05) is 33.3 Å². The van der Waals surface area contributed by atoms with Crippen LogP contribution in [-0.4, -0.2) is 50.1 Å². The second-order valence-electron chi connectivity index (χ2n) is 5.21. The summed E-state index contributed by atoms with van der Waals surface area (Å²) in [6.45, 7) is 2.36. The predicted octanol–water partition coefficient (Wildman–Crippen LogP) is 1.16. The summed E-state index contributed by atoms with van der Waals surface area (Å²) in [7, 11) is 1.38. The third-order valence-corrected chi connectivity index (χ3v) is 3.77. The number of benzene rings is 1. The normalized spacial score (nSPS) is 15.8. The Hall–Kier alpha value is -1.88. The van der Waals surface area contributed by atoms with Crippen molar-refractivity contribution in [2.45, 2.75) is 18.8 Å². The molecule has 0 bridgehead atoms. The van der Waals surface area contributed by atoms with Crippen LogP contribution in [0.4, 0.5) is 0 Å². The summed E-state index contributed by atoms with van der Waals surface area (Å²) >= 11 is 0. The number of rotatable bonds is 6. The molecule has 0 aliphatic carbocycles. The summed E-state index contributed by atoms with van der Waals surface area (Å²) in [6, 6.07) is 9.47. The fraction of sp³-hybridized carbons (Fsp3) is 0.500. The number of amides is 1. The molecule has 5 heteroatoms. The minimum Gasteiger partial charge on any atom is -0.469 e. The van der Waals surface area contributed by atoms with Crippen LogP contribution in [0.3, 0.4) is 0 Å². The summed E-state index contributed by atoms with van der Waals surface area (Å²) in [4.78, 5) is 25.7. The van der Waals surface area contributed by atoms with Gasteiger partial charge in [0.05, 0.1) is 19.6 Å². The molecule has 0 aromatic heterocycles. The SMILES string of the molecule is COC(=O)C(CNCC(=O)N1CCCC1)c1ccccc1. The number of nitrogens with one attached hydrogen (secondary N) is 1. The van der Waals surface area contributed by atoms with Crippen LogP contribution in [0.15, 0.2) is 30.3 Å². The van der Waals surface area contributed by atoms with Gasteiger partial charge in [-0.25, -0.2) is 0 Å². The molecule has 21 heavy (non-hydrogen) atoms. The molecule has 0 spiro atoms. The van der Waals surface area contributed by atoms with Gasteiger partial charge in [-0.3, -0.25) is 9.59 Å². The first kappa shape index (κ1) is 15.5. The van der Waals surface area contributed by atoms with Crippen LogP contribution >= 0.6 is 0 Å². The van der Waals surface area contributed by atoms with Gasteiger partial charge in [0.15, 0.2) is 0 Å². The Labute approximate surface area is 125 Å². The van der Waals surface area contributed by atoms with Crippen molar-refractivity contribution in [1.82, 2.24) is 10.2 Å². The maximum absolute atomic E-state index is 11.9. The average molecular weight is 290 g/mol. The van der Waals surface area contributed by atoms with E-state index >= 15 is 0 Å². The molecule has 1 saturated heterocycles. The lowest BCUT2D eigenvalue weighted by Crippen LogP contribution is -2.38. The summed E-state index contributed by atoms with van der Waals surface area (Å²) in [5.74, 6) is -0.575. The van der Waals surface area contributed by atoms with Crippen molar-refractivity contribution in [2.24, 2.45) is 0 Å². The number of esters is 1. The molecule has 1 heterocycles. The number of hydrogen-bond donors (Lipinski definition) is 1. The van der Waals surface area contributed by atoms with Crippen LogP contribution in [0.5, 0.6) is 0 Å². The quantitative estimate of drug-likeness (QED) is 0.799. The molecule has 0 radical (unpaired) electrons. The fourth-order valence-corrected chi connectivity index (χ4v) is 2.57. The first-order chi connectivity index (χ1) is 10.2. The molecule has 1 aromatic rings. The number of hydrogen-bond acceptors (Lipinski definition) is 4. The molecule has 114 valence electrons. The number of likely N-dealkylation sites (tertiary alicyclic amines) is 1. The molecule has 1 N–H and O–H groups in total. The first-order valence-corrected chi connectivity index (χ1v) is 7.33. The Morgan fingerprint density at radius 1 is 1.24 bits per heavy atom. The zero-order valence-electron chi connectivity index (χ0n) is 12.4. The summed E-state index contributed by atoms with van der Waals surface area (Å²) < 4.78 is 4.85. The van der Waals surface area contributed by atoms with Crippen LogP contribution in [0.2, 0.25) is 0 Å². The number of methoxy groups -OCH3 is 1. The van der Waals surface area contributed by atoms with E-state index in [0.29, 0.717) is 6.54 Å². The third-order valence-electron chi connectivity index (χ3n) is 3.77. The van der Waals surface area contributed by atoms with Crippen LogP contribution in [0, 0.1) is 0 Å². The fourth-order valence-electron chi connectivity index (χ4n) is 2.57. The van der Waals surface area contributed by atoms with E-state index < -0.39 is 0 Å². The lowest BCUT2D eigenvalue weighted by molar-refractivity contribution is -0.142. The van der Waals surface area contributed by atoms with Gasteiger partial charge in [-0.05, 0) is 18.4 Å². The number of nitrogens with zero attached hydrogens (tertiary/aromatic N) is 1. The third kappa shape index (κ3) is 4.29. The monoisotopic (exact) mass is 290 g/mol.